The second-order valence-electron chi connectivity index (χ2n) is 8.23. The maximum Gasteiger partial charge on any atom is 0.243 e. The number of nitrogens with zero attached hydrogens (tertiary/aromatic N) is 2. The summed E-state index contributed by atoms with van der Waals surface area (Å²) in [6.45, 7) is 2.83. The predicted molar refractivity (Wildman–Crippen MR) is 123 cm³/mol. The highest BCUT2D eigenvalue weighted by Crippen LogP contribution is 2.37. The number of nitrogens with one attached hydrogen (secondary N) is 2. The molecule has 0 aromatic heterocycles. The Kier molecular flexibility index (Phi) is 10.4. The van der Waals surface area contributed by atoms with Gasteiger partial charge in [0.1, 0.15) is 12.6 Å². The minimum atomic E-state index is -0.369. The van der Waals surface area contributed by atoms with Crippen LogP contribution in [0.15, 0.2) is 4.99 Å². The number of hydrogen-bond acceptors (Lipinski definition) is 5. The SMILES string of the molecule is CN(C)C(=O)CN=C(NCC1CCCCO1)NCC1COC2(CCCCC2)O1.I. The van der Waals surface area contributed by atoms with E-state index in [-0.39, 0.29) is 54.4 Å². The molecule has 168 valence electrons. The smallest absolute Gasteiger partial charge is 0.243 e. The van der Waals surface area contributed by atoms with Crippen molar-refractivity contribution >= 4 is 35.8 Å². The minimum absolute atomic E-state index is 0. The van der Waals surface area contributed by atoms with Crippen molar-refractivity contribution in [2.24, 2.45) is 4.99 Å². The number of hydrogen-bond donors (Lipinski definition) is 2. The van der Waals surface area contributed by atoms with Crippen molar-refractivity contribution in [1.82, 2.24) is 15.5 Å². The van der Waals surface area contributed by atoms with Crippen molar-refractivity contribution in [1.29, 1.82) is 0 Å². The van der Waals surface area contributed by atoms with E-state index in [4.69, 9.17) is 14.2 Å². The van der Waals surface area contributed by atoms with E-state index < -0.39 is 0 Å². The van der Waals surface area contributed by atoms with Crippen molar-refractivity contribution in [3.63, 3.8) is 0 Å². The lowest BCUT2D eigenvalue weighted by Crippen LogP contribution is -2.46. The fourth-order valence-electron chi connectivity index (χ4n) is 3.92. The molecule has 0 aromatic rings. The van der Waals surface area contributed by atoms with E-state index in [0.717, 1.165) is 32.3 Å². The van der Waals surface area contributed by atoms with E-state index in [2.05, 4.69) is 15.6 Å². The van der Waals surface area contributed by atoms with Gasteiger partial charge in [0.05, 0.1) is 12.7 Å². The topological polar surface area (TPSA) is 84.4 Å². The van der Waals surface area contributed by atoms with Gasteiger partial charge in [-0.25, -0.2) is 4.99 Å². The molecule has 3 fully saturated rings. The molecule has 2 saturated heterocycles. The zero-order chi connectivity index (χ0) is 19.8. The van der Waals surface area contributed by atoms with Crippen LogP contribution in [-0.2, 0) is 19.0 Å². The highest BCUT2D eigenvalue weighted by atomic mass is 127. The molecule has 8 nitrogen and oxygen atoms in total. The number of rotatable bonds is 6. The Balaban J connectivity index is 0.00000300. The van der Waals surface area contributed by atoms with E-state index >= 15 is 0 Å². The fraction of sp³-hybridized carbons (Fsp3) is 0.900. The maximum atomic E-state index is 11.9. The van der Waals surface area contributed by atoms with Crippen LogP contribution in [0.4, 0.5) is 0 Å². The Labute approximate surface area is 191 Å². The van der Waals surface area contributed by atoms with Gasteiger partial charge in [-0.3, -0.25) is 4.79 Å². The first-order valence-electron chi connectivity index (χ1n) is 10.7. The molecule has 29 heavy (non-hydrogen) atoms. The molecule has 3 rings (SSSR count). The number of likely N-dealkylation sites (N-methyl/N-ethyl adjacent to an activating group) is 1. The van der Waals surface area contributed by atoms with Gasteiger partial charge >= 0.3 is 0 Å². The highest BCUT2D eigenvalue weighted by Gasteiger charge is 2.42. The third-order valence-electron chi connectivity index (χ3n) is 5.67. The Bertz CT molecular complexity index is 535. The van der Waals surface area contributed by atoms with Crippen LogP contribution in [0.3, 0.4) is 0 Å². The van der Waals surface area contributed by atoms with Crippen LogP contribution in [0.5, 0.6) is 0 Å². The Morgan fingerprint density at radius 2 is 1.79 bits per heavy atom. The molecule has 2 heterocycles. The van der Waals surface area contributed by atoms with Crippen LogP contribution in [-0.4, -0.2) is 81.7 Å². The van der Waals surface area contributed by atoms with Crippen molar-refractivity contribution in [2.75, 3.05) is 46.9 Å². The lowest BCUT2D eigenvalue weighted by Gasteiger charge is -2.31. The van der Waals surface area contributed by atoms with Gasteiger partial charge in [0.2, 0.25) is 5.91 Å². The number of aliphatic imine (C=N–C) groups is 1. The second kappa shape index (κ2) is 12.3. The zero-order valence-corrected chi connectivity index (χ0v) is 20.1. The van der Waals surface area contributed by atoms with Gasteiger partial charge in [-0.2, -0.15) is 0 Å². The van der Waals surface area contributed by atoms with Gasteiger partial charge in [-0.1, -0.05) is 6.42 Å². The molecule has 3 aliphatic rings. The standard InChI is InChI=1S/C20H36N4O4.HI/c1-24(2)18(25)14-23-19(21-12-16-8-4-7-11-26-16)22-13-17-15-27-20(28-17)9-5-3-6-10-20;/h16-17H,3-15H2,1-2H3,(H2,21,22,23);1H. The summed E-state index contributed by atoms with van der Waals surface area (Å²) < 4.78 is 18.0. The first-order valence-corrected chi connectivity index (χ1v) is 10.7. The number of amides is 1. The molecule has 0 aromatic carbocycles. The second-order valence-corrected chi connectivity index (χ2v) is 8.23. The average molecular weight is 524 g/mol. The highest BCUT2D eigenvalue weighted by molar-refractivity contribution is 14.0. The lowest BCUT2D eigenvalue weighted by molar-refractivity contribution is -0.186. The van der Waals surface area contributed by atoms with Crippen LogP contribution in [0.1, 0.15) is 51.4 Å². The molecule has 2 aliphatic heterocycles. The first kappa shape index (κ1) is 24.6. The van der Waals surface area contributed by atoms with Gasteiger partial charge in [0.15, 0.2) is 11.7 Å². The lowest BCUT2D eigenvalue weighted by atomic mass is 9.94. The molecule has 2 unspecified atom stereocenters. The molecular weight excluding hydrogens is 487 g/mol. The van der Waals surface area contributed by atoms with Crippen molar-refractivity contribution in [3.05, 3.63) is 0 Å². The molecule has 1 spiro atoms. The first-order chi connectivity index (χ1) is 13.6. The Hall–Kier alpha value is -0.650. The summed E-state index contributed by atoms with van der Waals surface area (Å²) in [5.41, 5.74) is 0. The number of carbonyl (C=O) groups is 1. The molecule has 0 bridgehead atoms. The average Bonchev–Trinajstić information content (AvgIpc) is 3.10. The summed E-state index contributed by atoms with van der Waals surface area (Å²) in [6.07, 6.45) is 9.15. The minimum Gasteiger partial charge on any atom is -0.376 e. The maximum absolute atomic E-state index is 11.9. The normalized spacial score (nSPS) is 26.6. The summed E-state index contributed by atoms with van der Waals surface area (Å²) >= 11 is 0. The van der Waals surface area contributed by atoms with E-state index in [0.29, 0.717) is 25.7 Å². The van der Waals surface area contributed by atoms with Crippen molar-refractivity contribution in [3.8, 4) is 0 Å². The number of ether oxygens (including phenoxy) is 3. The predicted octanol–water partition coefficient (Wildman–Crippen LogP) is 1.87. The summed E-state index contributed by atoms with van der Waals surface area (Å²) in [6, 6.07) is 0. The molecule has 1 amide bonds. The fourth-order valence-corrected chi connectivity index (χ4v) is 3.92. The molecule has 1 aliphatic carbocycles. The summed E-state index contributed by atoms with van der Waals surface area (Å²) in [5, 5.41) is 6.65. The van der Waals surface area contributed by atoms with Gasteiger partial charge in [-0.05, 0) is 32.1 Å². The summed E-state index contributed by atoms with van der Waals surface area (Å²) in [4.78, 5) is 17.9. The van der Waals surface area contributed by atoms with Crippen LogP contribution < -0.4 is 10.6 Å². The van der Waals surface area contributed by atoms with Gasteiger partial charge < -0.3 is 29.7 Å². The summed E-state index contributed by atoms with van der Waals surface area (Å²) in [5.74, 6) is 0.223. The zero-order valence-electron chi connectivity index (χ0n) is 17.8. The quantitative estimate of drug-likeness (QED) is 0.314. The molecule has 1 saturated carbocycles. The van der Waals surface area contributed by atoms with Crippen LogP contribution >= 0.6 is 24.0 Å². The van der Waals surface area contributed by atoms with Crippen molar-refractivity contribution in [2.45, 2.75) is 69.4 Å². The van der Waals surface area contributed by atoms with Crippen molar-refractivity contribution < 1.29 is 19.0 Å². The van der Waals surface area contributed by atoms with Crippen LogP contribution in [0.2, 0.25) is 0 Å². The van der Waals surface area contributed by atoms with E-state index in [1.807, 2.05) is 0 Å². The molecule has 2 N–H and O–H groups in total. The molecule has 2 atom stereocenters. The van der Waals surface area contributed by atoms with Gasteiger partial charge in [0, 0.05) is 46.6 Å². The number of carbonyl (C=O) groups excluding carboxylic acids is 1. The van der Waals surface area contributed by atoms with Crippen LogP contribution in [0, 0.1) is 0 Å². The molecule has 9 heteroatoms. The van der Waals surface area contributed by atoms with Crippen LogP contribution in [0.25, 0.3) is 0 Å². The molecular formula is C20H37IN4O4. The number of halogens is 1. The van der Waals surface area contributed by atoms with E-state index in [1.165, 1.54) is 25.7 Å². The third kappa shape index (κ3) is 7.84. The Morgan fingerprint density at radius 3 is 2.45 bits per heavy atom. The Morgan fingerprint density at radius 1 is 1.07 bits per heavy atom. The molecule has 0 radical (unpaired) electrons. The van der Waals surface area contributed by atoms with Gasteiger partial charge in [0.25, 0.3) is 0 Å². The summed E-state index contributed by atoms with van der Waals surface area (Å²) in [7, 11) is 3.48. The monoisotopic (exact) mass is 524 g/mol. The third-order valence-corrected chi connectivity index (χ3v) is 5.67. The van der Waals surface area contributed by atoms with E-state index in [9.17, 15) is 4.79 Å². The number of guanidine groups is 1. The van der Waals surface area contributed by atoms with Gasteiger partial charge in [-0.15, -0.1) is 24.0 Å². The van der Waals surface area contributed by atoms with E-state index in [1.54, 1.807) is 19.0 Å². The largest absolute Gasteiger partial charge is 0.376 e.